The Morgan fingerprint density at radius 1 is 0.960 bits per heavy atom. The molecule has 6 heteroatoms. The van der Waals surface area contributed by atoms with Gasteiger partial charge in [-0.05, 0) is 81.1 Å². The molecule has 25 heavy (non-hydrogen) atoms. The fraction of sp³-hybridized carbons (Fsp3) is 0.368. The number of sulfonamides is 1. The second-order valence-corrected chi connectivity index (χ2v) is 7.74. The van der Waals surface area contributed by atoms with Crippen molar-refractivity contribution in [2.75, 3.05) is 11.3 Å². The Kier molecular flexibility index (Phi) is 5.48. The van der Waals surface area contributed by atoms with E-state index < -0.39 is 10.0 Å². The molecule has 0 heterocycles. The molecule has 1 saturated carbocycles. The van der Waals surface area contributed by atoms with E-state index in [2.05, 4.69) is 4.72 Å². The molecule has 2 aromatic carbocycles. The molecule has 0 aliphatic heterocycles. The summed E-state index contributed by atoms with van der Waals surface area (Å²) < 4.78 is 38.7. The molecule has 0 atom stereocenters. The molecule has 0 spiro atoms. The SMILES string of the molecule is CCOc1ccc(S(=O)(=O)Nc2ccc(OC3CCCC3)cc2)cc1. The first-order chi connectivity index (χ1) is 12.1. The molecule has 0 radical (unpaired) electrons. The van der Waals surface area contributed by atoms with E-state index in [0.717, 1.165) is 18.6 Å². The van der Waals surface area contributed by atoms with Crippen LogP contribution < -0.4 is 14.2 Å². The van der Waals surface area contributed by atoms with Crippen LogP contribution in [0.2, 0.25) is 0 Å². The van der Waals surface area contributed by atoms with Gasteiger partial charge in [-0.15, -0.1) is 0 Å². The molecule has 1 fully saturated rings. The lowest BCUT2D eigenvalue weighted by molar-refractivity contribution is 0.210. The van der Waals surface area contributed by atoms with Gasteiger partial charge >= 0.3 is 0 Å². The first-order valence-electron chi connectivity index (χ1n) is 8.59. The zero-order valence-electron chi connectivity index (χ0n) is 14.3. The highest BCUT2D eigenvalue weighted by atomic mass is 32.2. The summed E-state index contributed by atoms with van der Waals surface area (Å²) in [4.78, 5) is 0.197. The largest absolute Gasteiger partial charge is 0.494 e. The van der Waals surface area contributed by atoms with E-state index in [-0.39, 0.29) is 11.0 Å². The summed E-state index contributed by atoms with van der Waals surface area (Å²) in [6, 6.07) is 13.4. The molecule has 0 unspecified atom stereocenters. The standard InChI is InChI=1S/C19H23NO4S/c1-2-23-16-11-13-19(14-12-16)25(21,22)20-15-7-9-18(10-8-15)24-17-5-3-4-6-17/h7-14,17,20H,2-6H2,1H3. The van der Waals surface area contributed by atoms with Crippen LogP contribution in [-0.4, -0.2) is 21.1 Å². The average molecular weight is 361 g/mol. The summed E-state index contributed by atoms with van der Waals surface area (Å²) in [5, 5.41) is 0. The number of benzene rings is 2. The summed E-state index contributed by atoms with van der Waals surface area (Å²) in [5.74, 6) is 1.42. The van der Waals surface area contributed by atoms with E-state index in [1.54, 1.807) is 36.4 Å². The second-order valence-electron chi connectivity index (χ2n) is 6.06. The molecule has 0 aromatic heterocycles. The van der Waals surface area contributed by atoms with Crippen molar-refractivity contribution in [3.8, 4) is 11.5 Å². The van der Waals surface area contributed by atoms with Crippen LogP contribution in [0, 0.1) is 0 Å². The van der Waals surface area contributed by atoms with Crippen molar-refractivity contribution in [2.24, 2.45) is 0 Å². The average Bonchev–Trinajstić information content (AvgIpc) is 3.10. The van der Waals surface area contributed by atoms with Crippen molar-refractivity contribution in [3.05, 3.63) is 48.5 Å². The molecule has 2 aromatic rings. The summed E-state index contributed by atoms with van der Waals surface area (Å²) in [6.07, 6.45) is 4.89. The maximum atomic E-state index is 12.5. The quantitative estimate of drug-likeness (QED) is 0.802. The van der Waals surface area contributed by atoms with Crippen molar-refractivity contribution >= 4 is 15.7 Å². The topological polar surface area (TPSA) is 64.6 Å². The molecular formula is C19H23NO4S. The minimum atomic E-state index is -3.63. The van der Waals surface area contributed by atoms with Crippen LogP contribution in [0.1, 0.15) is 32.6 Å². The Balaban J connectivity index is 1.65. The van der Waals surface area contributed by atoms with Gasteiger partial charge in [-0.3, -0.25) is 4.72 Å². The van der Waals surface area contributed by atoms with Gasteiger partial charge in [-0.1, -0.05) is 0 Å². The van der Waals surface area contributed by atoms with Crippen molar-refractivity contribution < 1.29 is 17.9 Å². The van der Waals surface area contributed by atoms with Crippen molar-refractivity contribution in [1.29, 1.82) is 0 Å². The van der Waals surface area contributed by atoms with Gasteiger partial charge in [0, 0.05) is 5.69 Å². The fourth-order valence-corrected chi connectivity index (χ4v) is 3.95. The minimum Gasteiger partial charge on any atom is -0.494 e. The number of anilines is 1. The van der Waals surface area contributed by atoms with Crippen LogP contribution in [0.5, 0.6) is 11.5 Å². The highest BCUT2D eigenvalue weighted by Gasteiger charge is 2.17. The van der Waals surface area contributed by atoms with Gasteiger partial charge in [0.25, 0.3) is 10.0 Å². The van der Waals surface area contributed by atoms with Gasteiger partial charge in [0.05, 0.1) is 17.6 Å². The van der Waals surface area contributed by atoms with E-state index >= 15 is 0 Å². The summed E-state index contributed by atoms with van der Waals surface area (Å²) in [7, 11) is -3.63. The lowest BCUT2D eigenvalue weighted by Gasteiger charge is -2.14. The van der Waals surface area contributed by atoms with Crippen molar-refractivity contribution in [1.82, 2.24) is 0 Å². The summed E-state index contributed by atoms with van der Waals surface area (Å²) in [6.45, 7) is 2.42. The van der Waals surface area contributed by atoms with E-state index in [1.165, 1.54) is 25.0 Å². The molecule has 3 rings (SSSR count). The maximum Gasteiger partial charge on any atom is 0.261 e. The molecule has 1 aliphatic carbocycles. The number of hydrogen-bond donors (Lipinski definition) is 1. The van der Waals surface area contributed by atoms with Crippen molar-refractivity contribution in [3.63, 3.8) is 0 Å². The van der Waals surface area contributed by atoms with E-state index in [4.69, 9.17) is 9.47 Å². The molecule has 1 N–H and O–H groups in total. The van der Waals surface area contributed by atoms with Gasteiger partial charge in [-0.2, -0.15) is 0 Å². The van der Waals surface area contributed by atoms with Crippen LogP contribution in [-0.2, 0) is 10.0 Å². The van der Waals surface area contributed by atoms with E-state index in [9.17, 15) is 8.42 Å². The van der Waals surface area contributed by atoms with Crippen LogP contribution in [0.4, 0.5) is 5.69 Å². The van der Waals surface area contributed by atoms with Gasteiger partial charge in [0.15, 0.2) is 0 Å². The fourth-order valence-electron chi connectivity index (χ4n) is 2.90. The van der Waals surface area contributed by atoms with Crippen LogP contribution >= 0.6 is 0 Å². The molecule has 1 aliphatic rings. The zero-order chi connectivity index (χ0) is 17.7. The summed E-state index contributed by atoms with van der Waals surface area (Å²) in [5.41, 5.74) is 0.507. The molecular weight excluding hydrogens is 338 g/mol. The Bertz CT molecular complexity index is 779. The van der Waals surface area contributed by atoms with Gasteiger partial charge < -0.3 is 9.47 Å². The molecule has 134 valence electrons. The van der Waals surface area contributed by atoms with Crippen LogP contribution in [0.3, 0.4) is 0 Å². The lowest BCUT2D eigenvalue weighted by Crippen LogP contribution is -2.13. The third-order valence-corrected chi connectivity index (χ3v) is 5.55. The predicted molar refractivity (Wildman–Crippen MR) is 97.7 cm³/mol. The Morgan fingerprint density at radius 3 is 2.16 bits per heavy atom. The minimum absolute atomic E-state index is 0.197. The Labute approximate surface area is 149 Å². The number of nitrogens with one attached hydrogen (secondary N) is 1. The van der Waals surface area contributed by atoms with Crippen molar-refractivity contribution in [2.45, 2.75) is 43.6 Å². The van der Waals surface area contributed by atoms with E-state index in [0.29, 0.717) is 18.0 Å². The van der Waals surface area contributed by atoms with E-state index in [1.807, 2.05) is 6.92 Å². The first-order valence-corrected chi connectivity index (χ1v) is 10.1. The Hall–Kier alpha value is -2.21. The maximum absolute atomic E-state index is 12.5. The van der Waals surface area contributed by atoms with Crippen LogP contribution in [0.15, 0.2) is 53.4 Å². The molecule has 0 bridgehead atoms. The molecule has 0 saturated heterocycles. The highest BCUT2D eigenvalue weighted by Crippen LogP contribution is 2.26. The number of hydrogen-bond acceptors (Lipinski definition) is 4. The number of rotatable bonds is 7. The normalized spacial score (nSPS) is 15.1. The highest BCUT2D eigenvalue weighted by molar-refractivity contribution is 7.92. The van der Waals surface area contributed by atoms with Gasteiger partial charge in [-0.25, -0.2) is 8.42 Å². The molecule has 0 amide bonds. The molecule has 5 nitrogen and oxygen atoms in total. The monoisotopic (exact) mass is 361 g/mol. The van der Waals surface area contributed by atoms with Gasteiger partial charge in [0.2, 0.25) is 0 Å². The first kappa shape index (κ1) is 17.6. The third-order valence-electron chi connectivity index (χ3n) is 4.16. The Morgan fingerprint density at radius 2 is 1.56 bits per heavy atom. The summed E-state index contributed by atoms with van der Waals surface area (Å²) >= 11 is 0. The number of ether oxygens (including phenoxy) is 2. The van der Waals surface area contributed by atoms with Crippen LogP contribution in [0.25, 0.3) is 0 Å². The van der Waals surface area contributed by atoms with Gasteiger partial charge in [0.1, 0.15) is 11.5 Å². The smallest absolute Gasteiger partial charge is 0.261 e. The second kappa shape index (κ2) is 7.78. The third kappa shape index (κ3) is 4.66. The predicted octanol–water partition coefficient (Wildman–Crippen LogP) is 4.21. The zero-order valence-corrected chi connectivity index (χ0v) is 15.1. The lowest BCUT2D eigenvalue weighted by atomic mass is 10.3.